The van der Waals surface area contributed by atoms with Crippen LogP contribution in [-0.2, 0) is 35.1 Å². The highest BCUT2D eigenvalue weighted by molar-refractivity contribution is 7.91. The van der Waals surface area contributed by atoms with Gasteiger partial charge in [-0.05, 0) is 75.8 Å². The van der Waals surface area contributed by atoms with Gasteiger partial charge in [0, 0.05) is 18.4 Å². The van der Waals surface area contributed by atoms with E-state index in [0.717, 1.165) is 10.8 Å². The number of carbonyl (C=O) groups excluding carboxylic acids is 4. The lowest BCUT2D eigenvalue weighted by atomic mass is 9.93. The third-order valence-corrected chi connectivity index (χ3v) is 14.0. The Morgan fingerprint density at radius 1 is 1.05 bits per heavy atom. The second kappa shape index (κ2) is 17.1. The average molecular weight is 871 g/mol. The molecule has 2 bridgehead atoms. The van der Waals surface area contributed by atoms with Crippen molar-refractivity contribution in [2.24, 2.45) is 23.7 Å². The van der Waals surface area contributed by atoms with E-state index in [2.05, 4.69) is 41.4 Å². The molecule has 7 atom stereocenters. The Morgan fingerprint density at radius 2 is 1.75 bits per heavy atom. The van der Waals surface area contributed by atoms with Crippen molar-refractivity contribution in [1.82, 2.24) is 30.2 Å². The standard InChI is InChI=1S/C36H44F4N6O9S.C4H10/c1-4-20-25-17-46(27(20)30(48)44-35(15-21(35)29(37)38)32(49)45-56(51,52)34(2)11-12-34)26(47)16-41-33(50)55-24-13-18(24)7-5-6-10-36(39,40)28-31(54-25)43-23-14-19(53-3)8-9-22(23)42-28;1-4(2)3/h8-9,14,18,20-21,24-25,27,29H,4-7,10-13,15-17H2,1-3H3,(H,41,50)(H,44,48)(H,45,49);4H,1-3H3/t18-,20-,21+,24-,25+,27+,35-;/m1./s1. The number of ether oxygens (including phenoxy) is 3. The number of methoxy groups -OCH3 is 1. The number of amides is 4. The van der Waals surface area contributed by atoms with Crippen LogP contribution in [-0.4, -0.2) is 102 Å². The summed E-state index contributed by atoms with van der Waals surface area (Å²) in [7, 11) is -2.88. The first-order chi connectivity index (χ1) is 28.1. The molecule has 0 unspecified atom stereocenters. The Hall–Kier alpha value is -4.49. The molecule has 5 aliphatic rings. The molecule has 1 saturated heterocycles. The number of aromatic nitrogens is 2. The first kappa shape index (κ1) is 45.0. The van der Waals surface area contributed by atoms with E-state index in [9.17, 15) is 36.4 Å². The molecular formula is C40H54F4N6O9S. The van der Waals surface area contributed by atoms with Gasteiger partial charge in [-0.15, -0.1) is 0 Å². The number of alkyl halides is 4. The third kappa shape index (κ3) is 9.52. The van der Waals surface area contributed by atoms with E-state index in [0.29, 0.717) is 25.0 Å². The van der Waals surface area contributed by atoms with Gasteiger partial charge in [0.25, 0.3) is 11.8 Å². The Kier molecular flexibility index (Phi) is 12.8. The van der Waals surface area contributed by atoms with Crippen molar-refractivity contribution in [3.05, 3.63) is 23.9 Å². The number of carbonyl (C=O) groups is 4. The quantitative estimate of drug-likeness (QED) is 0.295. The summed E-state index contributed by atoms with van der Waals surface area (Å²) in [5.74, 6) is -8.94. The van der Waals surface area contributed by atoms with E-state index < -0.39 is 124 Å². The zero-order chi connectivity index (χ0) is 43.9. The number of fused-ring (bicyclic) bond motifs is 5. The second-order valence-electron chi connectivity index (χ2n) is 17.4. The monoisotopic (exact) mass is 870 g/mol. The van der Waals surface area contributed by atoms with Crippen LogP contribution in [0.5, 0.6) is 11.6 Å². The van der Waals surface area contributed by atoms with Gasteiger partial charge in [-0.3, -0.25) is 19.1 Å². The van der Waals surface area contributed by atoms with Gasteiger partial charge in [0.2, 0.25) is 34.1 Å². The maximum Gasteiger partial charge on any atom is 0.407 e. The summed E-state index contributed by atoms with van der Waals surface area (Å²) in [5.41, 5.74) is -2.79. The van der Waals surface area contributed by atoms with Crippen LogP contribution in [0, 0.1) is 23.7 Å². The summed E-state index contributed by atoms with van der Waals surface area (Å²) in [6, 6.07) is 2.94. The lowest BCUT2D eigenvalue weighted by Crippen LogP contribution is -2.59. The topological polar surface area (TPSA) is 195 Å². The third-order valence-electron chi connectivity index (χ3n) is 11.8. The predicted octanol–water partition coefficient (Wildman–Crippen LogP) is 5.20. The van der Waals surface area contributed by atoms with E-state index in [1.165, 1.54) is 26.2 Å². The minimum atomic E-state index is -4.29. The molecule has 0 radical (unpaired) electrons. The SMILES string of the molecule is CC(C)C.CC[C@@H]1[C@@H]2CN(C(=O)CNC(=O)O[C@@H]3C[C@H]3CCCCC(F)(F)c3nc4ccc(OC)cc4nc3O2)[C@@H]1C(=O)N[C@]1(C(=O)NS(=O)(=O)C2(C)CC2)C[C@H]1C(F)F. The molecule has 1 aromatic carbocycles. The van der Waals surface area contributed by atoms with Gasteiger partial charge in [0.05, 0.1) is 35.4 Å². The molecule has 1 aromatic heterocycles. The predicted molar refractivity (Wildman–Crippen MR) is 209 cm³/mol. The Balaban J connectivity index is 0.00000144. The van der Waals surface area contributed by atoms with Crippen LogP contribution < -0.4 is 24.8 Å². The lowest BCUT2D eigenvalue weighted by molar-refractivity contribution is -0.140. The van der Waals surface area contributed by atoms with Crippen molar-refractivity contribution in [3.63, 3.8) is 0 Å². The minimum absolute atomic E-state index is 0.0397. The summed E-state index contributed by atoms with van der Waals surface area (Å²) in [6.45, 7) is 8.45. The van der Waals surface area contributed by atoms with Crippen molar-refractivity contribution in [3.8, 4) is 11.6 Å². The number of nitrogens with zero attached hydrogens (tertiary/aromatic N) is 3. The van der Waals surface area contributed by atoms with Crippen LogP contribution in [0.4, 0.5) is 22.4 Å². The number of halogens is 4. The molecule has 4 fully saturated rings. The Labute approximate surface area is 346 Å². The lowest BCUT2D eigenvalue weighted by Gasteiger charge is -2.29. The van der Waals surface area contributed by atoms with Crippen LogP contribution in [0.1, 0.15) is 98.1 Å². The van der Waals surface area contributed by atoms with Crippen molar-refractivity contribution < 1.29 is 59.4 Å². The smallest absolute Gasteiger partial charge is 0.407 e. The molecule has 4 amide bonds. The number of benzene rings is 1. The fourth-order valence-corrected chi connectivity index (χ4v) is 9.10. The Morgan fingerprint density at radius 3 is 2.37 bits per heavy atom. The van der Waals surface area contributed by atoms with Crippen LogP contribution in [0.15, 0.2) is 18.2 Å². The molecule has 332 valence electrons. The summed E-state index contributed by atoms with van der Waals surface area (Å²) >= 11 is 0. The van der Waals surface area contributed by atoms with Crippen molar-refractivity contribution in [1.29, 1.82) is 0 Å². The van der Waals surface area contributed by atoms with E-state index in [4.69, 9.17) is 14.2 Å². The van der Waals surface area contributed by atoms with Gasteiger partial charge in [0.15, 0.2) is 5.69 Å². The zero-order valence-electron chi connectivity index (χ0n) is 34.6. The molecule has 15 nitrogen and oxygen atoms in total. The molecule has 7 rings (SSSR count). The summed E-state index contributed by atoms with van der Waals surface area (Å²) in [5, 5.41) is 4.73. The van der Waals surface area contributed by atoms with E-state index in [-0.39, 0.29) is 42.6 Å². The molecule has 20 heteroatoms. The molecular weight excluding hydrogens is 817 g/mol. The maximum absolute atomic E-state index is 16.2. The van der Waals surface area contributed by atoms with E-state index >= 15 is 8.78 Å². The second-order valence-corrected chi connectivity index (χ2v) is 19.6. The number of hydrogen-bond acceptors (Lipinski definition) is 11. The molecule has 3 saturated carbocycles. The molecule has 60 heavy (non-hydrogen) atoms. The summed E-state index contributed by atoms with van der Waals surface area (Å²) in [6.07, 6.45) is -4.76. The van der Waals surface area contributed by atoms with E-state index in [1.807, 2.05) is 4.72 Å². The first-order valence-electron chi connectivity index (χ1n) is 20.5. The van der Waals surface area contributed by atoms with Crippen LogP contribution in [0.25, 0.3) is 11.0 Å². The van der Waals surface area contributed by atoms with Gasteiger partial charge in [-0.2, -0.15) is 8.78 Å². The Bertz CT molecular complexity index is 2090. The van der Waals surface area contributed by atoms with Gasteiger partial charge >= 0.3 is 6.09 Å². The van der Waals surface area contributed by atoms with Gasteiger partial charge < -0.3 is 29.7 Å². The molecule has 3 aliphatic carbocycles. The summed E-state index contributed by atoms with van der Waals surface area (Å²) < 4.78 is 104. The molecule has 3 heterocycles. The van der Waals surface area contributed by atoms with Gasteiger partial charge in [-0.1, -0.05) is 34.1 Å². The zero-order valence-corrected chi connectivity index (χ0v) is 35.4. The minimum Gasteiger partial charge on any atom is -0.497 e. The van der Waals surface area contributed by atoms with Crippen molar-refractivity contribution >= 4 is 44.9 Å². The van der Waals surface area contributed by atoms with Crippen LogP contribution >= 0.6 is 0 Å². The first-order valence-corrected chi connectivity index (χ1v) is 21.9. The van der Waals surface area contributed by atoms with Crippen molar-refractivity contribution in [2.45, 2.75) is 133 Å². The van der Waals surface area contributed by atoms with Gasteiger partial charge in [0.1, 0.15) is 36.1 Å². The summed E-state index contributed by atoms with van der Waals surface area (Å²) in [4.78, 5) is 64.0. The fraction of sp³-hybridized carbons (Fsp3) is 0.700. The highest BCUT2D eigenvalue weighted by Gasteiger charge is 2.67. The van der Waals surface area contributed by atoms with Crippen LogP contribution in [0.3, 0.4) is 0 Å². The number of nitrogens with one attached hydrogen (secondary N) is 3. The molecule has 2 aromatic rings. The van der Waals surface area contributed by atoms with Crippen LogP contribution in [0.2, 0.25) is 0 Å². The number of hydrogen-bond donors (Lipinski definition) is 3. The number of sulfonamides is 1. The normalized spacial score (nSPS) is 29.6. The fourth-order valence-electron chi connectivity index (χ4n) is 7.79. The molecule has 0 spiro atoms. The number of rotatable bonds is 8. The highest BCUT2D eigenvalue weighted by atomic mass is 32.2. The maximum atomic E-state index is 16.2. The highest BCUT2D eigenvalue weighted by Crippen LogP contribution is 2.50. The molecule has 2 aliphatic heterocycles. The van der Waals surface area contributed by atoms with Crippen molar-refractivity contribution in [2.75, 3.05) is 20.2 Å². The van der Waals surface area contributed by atoms with E-state index in [1.54, 1.807) is 13.0 Å². The van der Waals surface area contributed by atoms with Gasteiger partial charge in [-0.25, -0.2) is 32.0 Å². The molecule has 3 N–H and O–H groups in total. The largest absolute Gasteiger partial charge is 0.497 e. The number of alkyl carbamates (subject to hydrolysis) is 1. The average Bonchev–Trinajstić information content (AvgIpc) is 4.13.